The molecule has 112 valence electrons. The predicted molar refractivity (Wildman–Crippen MR) is 77.8 cm³/mol. The normalized spacial score (nSPS) is 18.5. The number of carbonyl (C=O) groups excluding carboxylic acids is 1. The Kier molecular flexibility index (Phi) is 3.55. The number of hydrogen-bond acceptors (Lipinski definition) is 4. The molecular formula is C15H20N4O2. The molecule has 21 heavy (non-hydrogen) atoms. The van der Waals surface area contributed by atoms with E-state index < -0.39 is 0 Å². The third kappa shape index (κ3) is 2.58. The summed E-state index contributed by atoms with van der Waals surface area (Å²) in [5.74, 6) is 1.84. The largest absolute Gasteiger partial charge is 0.468 e. The highest BCUT2D eigenvalue weighted by Crippen LogP contribution is 2.26. The summed E-state index contributed by atoms with van der Waals surface area (Å²) in [4.78, 5) is 20.4. The van der Waals surface area contributed by atoms with E-state index in [2.05, 4.69) is 21.4 Å². The van der Waals surface area contributed by atoms with Crippen molar-refractivity contribution in [1.82, 2.24) is 19.4 Å². The lowest BCUT2D eigenvalue weighted by molar-refractivity contribution is 0.0822. The zero-order valence-electron chi connectivity index (χ0n) is 12.6. The van der Waals surface area contributed by atoms with Gasteiger partial charge in [-0.1, -0.05) is 0 Å². The second kappa shape index (κ2) is 5.37. The lowest BCUT2D eigenvalue weighted by atomic mass is 10.2. The van der Waals surface area contributed by atoms with Crippen LogP contribution < -0.4 is 0 Å². The first-order valence-corrected chi connectivity index (χ1v) is 7.11. The van der Waals surface area contributed by atoms with Gasteiger partial charge in [-0.2, -0.15) is 0 Å². The van der Waals surface area contributed by atoms with Crippen LogP contribution >= 0.6 is 0 Å². The van der Waals surface area contributed by atoms with Crippen LogP contribution in [0, 0.1) is 0 Å². The Balaban J connectivity index is 1.81. The van der Waals surface area contributed by atoms with Gasteiger partial charge < -0.3 is 13.9 Å². The molecule has 1 aliphatic rings. The molecular weight excluding hydrogens is 268 g/mol. The van der Waals surface area contributed by atoms with Crippen molar-refractivity contribution in [3.8, 4) is 0 Å². The van der Waals surface area contributed by atoms with E-state index in [1.807, 2.05) is 18.3 Å². The van der Waals surface area contributed by atoms with Crippen LogP contribution in [-0.4, -0.2) is 45.9 Å². The van der Waals surface area contributed by atoms with Crippen molar-refractivity contribution in [2.75, 3.05) is 20.6 Å². The molecule has 0 saturated heterocycles. The maximum Gasteiger partial charge on any atom is 0.273 e. The standard InChI is InChI=1S/C15H20N4O2/c1-11-14-16-13(15(20)17(2)3)10-19(14)7-6-18(11)9-12-5-4-8-21-12/h4-5,8,10-11H,6-7,9H2,1-3H3. The van der Waals surface area contributed by atoms with Crippen LogP contribution in [0.2, 0.25) is 0 Å². The fourth-order valence-electron chi connectivity index (χ4n) is 2.69. The molecule has 2 aromatic rings. The van der Waals surface area contributed by atoms with Crippen molar-refractivity contribution in [3.05, 3.63) is 41.9 Å². The van der Waals surface area contributed by atoms with Gasteiger partial charge in [0.15, 0.2) is 0 Å². The van der Waals surface area contributed by atoms with Crippen LogP contribution in [0.25, 0.3) is 0 Å². The number of nitrogens with zero attached hydrogens (tertiary/aromatic N) is 4. The van der Waals surface area contributed by atoms with Crippen LogP contribution in [0.15, 0.2) is 29.0 Å². The first kappa shape index (κ1) is 13.9. The van der Waals surface area contributed by atoms with Crippen molar-refractivity contribution >= 4 is 5.91 Å². The molecule has 0 spiro atoms. The summed E-state index contributed by atoms with van der Waals surface area (Å²) in [5, 5.41) is 0. The Bertz CT molecular complexity index is 630. The van der Waals surface area contributed by atoms with Gasteiger partial charge in [-0.25, -0.2) is 4.98 Å². The smallest absolute Gasteiger partial charge is 0.273 e. The van der Waals surface area contributed by atoms with Crippen molar-refractivity contribution in [1.29, 1.82) is 0 Å². The minimum absolute atomic E-state index is 0.0540. The zero-order chi connectivity index (χ0) is 15.0. The van der Waals surface area contributed by atoms with Crippen molar-refractivity contribution in [3.63, 3.8) is 0 Å². The summed E-state index contributed by atoms with van der Waals surface area (Å²) in [5.41, 5.74) is 0.515. The Labute approximate surface area is 124 Å². The molecule has 0 aromatic carbocycles. The number of hydrogen-bond donors (Lipinski definition) is 0. The van der Waals surface area contributed by atoms with Gasteiger partial charge in [0.2, 0.25) is 0 Å². The molecule has 6 heteroatoms. The third-order valence-electron chi connectivity index (χ3n) is 3.92. The number of imidazole rings is 1. The van der Waals surface area contributed by atoms with Gasteiger partial charge in [0.25, 0.3) is 5.91 Å². The van der Waals surface area contributed by atoms with Gasteiger partial charge in [-0.05, 0) is 19.1 Å². The maximum absolute atomic E-state index is 12.0. The second-order valence-corrected chi connectivity index (χ2v) is 5.60. The van der Waals surface area contributed by atoms with Crippen LogP contribution in [-0.2, 0) is 13.1 Å². The maximum atomic E-state index is 12.0. The molecule has 3 heterocycles. The van der Waals surface area contributed by atoms with Gasteiger partial charge in [0, 0.05) is 33.4 Å². The SMILES string of the molecule is CC1c2nc(C(=O)N(C)C)cn2CCN1Cc1ccco1. The van der Waals surface area contributed by atoms with Crippen molar-refractivity contribution in [2.45, 2.75) is 26.1 Å². The molecule has 0 bridgehead atoms. The average molecular weight is 288 g/mol. The quantitative estimate of drug-likeness (QED) is 0.863. The van der Waals surface area contributed by atoms with Crippen molar-refractivity contribution < 1.29 is 9.21 Å². The van der Waals surface area contributed by atoms with E-state index in [0.29, 0.717) is 5.69 Å². The number of fused-ring (bicyclic) bond motifs is 1. The molecule has 1 unspecified atom stereocenters. The van der Waals surface area contributed by atoms with Gasteiger partial charge in [0.1, 0.15) is 17.3 Å². The first-order valence-electron chi connectivity index (χ1n) is 7.11. The highest BCUT2D eigenvalue weighted by Gasteiger charge is 2.28. The van der Waals surface area contributed by atoms with Gasteiger partial charge in [-0.15, -0.1) is 0 Å². The van der Waals surface area contributed by atoms with E-state index in [1.165, 1.54) is 0 Å². The summed E-state index contributed by atoms with van der Waals surface area (Å²) in [6.07, 6.45) is 3.55. The number of amides is 1. The van der Waals surface area contributed by atoms with Crippen LogP contribution in [0.1, 0.15) is 35.0 Å². The molecule has 0 fully saturated rings. The van der Waals surface area contributed by atoms with Gasteiger partial charge in [-0.3, -0.25) is 9.69 Å². The number of rotatable bonds is 3. The second-order valence-electron chi connectivity index (χ2n) is 5.60. The Morgan fingerprint density at radius 3 is 2.95 bits per heavy atom. The molecule has 0 radical (unpaired) electrons. The van der Waals surface area contributed by atoms with E-state index in [9.17, 15) is 4.79 Å². The molecule has 0 saturated carbocycles. The van der Waals surface area contributed by atoms with E-state index in [-0.39, 0.29) is 11.9 Å². The lowest BCUT2D eigenvalue weighted by Crippen LogP contribution is -2.36. The summed E-state index contributed by atoms with van der Waals surface area (Å²) >= 11 is 0. The Hall–Kier alpha value is -2.08. The molecule has 1 amide bonds. The highest BCUT2D eigenvalue weighted by atomic mass is 16.3. The van der Waals surface area contributed by atoms with Gasteiger partial charge >= 0.3 is 0 Å². The van der Waals surface area contributed by atoms with Crippen LogP contribution in [0.5, 0.6) is 0 Å². The monoisotopic (exact) mass is 288 g/mol. The lowest BCUT2D eigenvalue weighted by Gasteiger charge is -2.32. The molecule has 0 aliphatic carbocycles. The van der Waals surface area contributed by atoms with Crippen molar-refractivity contribution in [2.24, 2.45) is 0 Å². The summed E-state index contributed by atoms with van der Waals surface area (Å²) < 4.78 is 7.50. The molecule has 2 aromatic heterocycles. The number of aromatic nitrogens is 2. The molecule has 1 atom stereocenters. The fraction of sp³-hybridized carbons (Fsp3) is 0.467. The molecule has 3 rings (SSSR count). The van der Waals surface area contributed by atoms with E-state index >= 15 is 0 Å². The topological polar surface area (TPSA) is 54.5 Å². The van der Waals surface area contributed by atoms with E-state index in [0.717, 1.165) is 31.2 Å². The molecule has 0 N–H and O–H groups in total. The molecule has 6 nitrogen and oxygen atoms in total. The number of carbonyl (C=O) groups is 1. The first-order chi connectivity index (χ1) is 10.1. The average Bonchev–Trinajstić information content (AvgIpc) is 3.10. The van der Waals surface area contributed by atoms with E-state index in [4.69, 9.17) is 4.42 Å². The van der Waals surface area contributed by atoms with Gasteiger partial charge in [0.05, 0.1) is 18.8 Å². The minimum atomic E-state index is -0.0540. The minimum Gasteiger partial charge on any atom is -0.468 e. The Morgan fingerprint density at radius 1 is 1.48 bits per heavy atom. The fourth-order valence-corrected chi connectivity index (χ4v) is 2.69. The predicted octanol–water partition coefficient (Wildman–Crippen LogP) is 1.75. The summed E-state index contributed by atoms with van der Waals surface area (Å²) in [6.45, 7) is 4.64. The summed E-state index contributed by atoms with van der Waals surface area (Å²) in [7, 11) is 3.49. The highest BCUT2D eigenvalue weighted by molar-refractivity contribution is 5.91. The number of furan rings is 1. The van der Waals surface area contributed by atoms with Crippen LogP contribution in [0.3, 0.4) is 0 Å². The van der Waals surface area contributed by atoms with Crippen LogP contribution in [0.4, 0.5) is 0 Å². The van der Waals surface area contributed by atoms with E-state index in [1.54, 1.807) is 25.3 Å². The Morgan fingerprint density at radius 2 is 2.29 bits per heavy atom. The zero-order valence-corrected chi connectivity index (χ0v) is 12.6. The summed E-state index contributed by atoms with van der Waals surface area (Å²) in [6, 6.07) is 4.04. The third-order valence-corrected chi connectivity index (χ3v) is 3.92. The molecule has 1 aliphatic heterocycles.